The van der Waals surface area contributed by atoms with Gasteiger partial charge in [-0.1, -0.05) is 24.3 Å². The Labute approximate surface area is 106 Å². The highest BCUT2D eigenvalue weighted by atomic mass is 16.3. The van der Waals surface area contributed by atoms with Gasteiger partial charge in [-0.2, -0.15) is 5.26 Å². The topological polar surface area (TPSA) is 70.0 Å². The van der Waals surface area contributed by atoms with E-state index in [2.05, 4.69) is 6.07 Å². The molecule has 0 fully saturated rings. The molecule has 0 aliphatic carbocycles. The summed E-state index contributed by atoms with van der Waals surface area (Å²) in [5, 5.41) is 17.9. The van der Waals surface area contributed by atoms with E-state index in [0.717, 1.165) is 11.1 Å². The van der Waals surface area contributed by atoms with Crippen LogP contribution in [-0.4, -0.2) is 5.11 Å². The second kappa shape index (κ2) is 5.35. The summed E-state index contributed by atoms with van der Waals surface area (Å²) in [7, 11) is 0. The lowest BCUT2D eigenvalue weighted by Gasteiger charge is -2.12. The number of phenolic OH excluding ortho intramolecular Hbond substituents is 1. The molecule has 18 heavy (non-hydrogen) atoms. The van der Waals surface area contributed by atoms with Crippen LogP contribution >= 0.6 is 0 Å². The van der Waals surface area contributed by atoms with E-state index in [1.165, 1.54) is 0 Å². The number of rotatable bonds is 3. The Morgan fingerprint density at radius 1 is 1.06 bits per heavy atom. The van der Waals surface area contributed by atoms with Crippen LogP contribution in [0.25, 0.3) is 0 Å². The zero-order valence-electron chi connectivity index (χ0n) is 9.88. The van der Waals surface area contributed by atoms with Crippen molar-refractivity contribution in [2.45, 2.75) is 12.5 Å². The standard InChI is InChI=1S/C15H14N2O/c16-10-12-3-1-11(2-4-12)9-15(17)13-5-7-14(18)8-6-13/h1-8,15,18H,9,17H2. The summed E-state index contributed by atoms with van der Waals surface area (Å²) in [4.78, 5) is 0. The molecule has 3 nitrogen and oxygen atoms in total. The first-order valence-corrected chi connectivity index (χ1v) is 5.72. The Morgan fingerprint density at radius 2 is 1.67 bits per heavy atom. The average molecular weight is 238 g/mol. The lowest BCUT2D eigenvalue weighted by Crippen LogP contribution is -2.13. The Hall–Kier alpha value is -2.31. The Morgan fingerprint density at radius 3 is 2.22 bits per heavy atom. The molecule has 0 aromatic heterocycles. The molecule has 0 bridgehead atoms. The SMILES string of the molecule is N#Cc1ccc(CC(N)c2ccc(O)cc2)cc1. The highest BCUT2D eigenvalue weighted by Gasteiger charge is 2.07. The molecule has 0 saturated carbocycles. The third-order valence-corrected chi connectivity index (χ3v) is 2.86. The highest BCUT2D eigenvalue weighted by molar-refractivity contribution is 5.33. The van der Waals surface area contributed by atoms with Crippen molar-refractivity contribution in [1.29, 1.82) is 5.26 Å². The molecule has 2 aromatic carbocycles. The Kier molecular flexibility index (Phi) is 3.61. The number of aromatic hydroxyl groups is 1. The molecule has 3 heteroatoms. The quantitative estimate of drug-likeness (QED) is 0.863. The van der Waals surface area contributed by atoms with E-state index in [9.17, 15) is 5.11 Å². The maximum Gasteiger partial charge on any atom is 0.115 e. The van der Waals surface area contributed by atoms with Crippen molar-refractivity contribution in [3.63, 3.8) is 0 Å². The molecule has 0 heterocycles. The van der Waals surface area contributed by atoms with Gasteiger partial charge in [0.25, 0.3) is 0 Å². The second-order valence-electron chi connectivity index (χ2n) is 4.21. The fourth-order valence-electron chi connectivity index (χ4n) is 1.81. The van der Waals surface area contributed by atoms with Gasteiger partial charge >= 0.3 is 0 Å². The number of phenols is 1. The van der Waals surface area contributed by atoms with Crippen molar-refractivity contribution >= 4 is 0 Å². The van der Waals surface area contributed by atoms with Gasteiger partial charge in [0.2, 0.25) is 0 Å². The van der Waals surface area contributed by atoms with Gasteiger partial charge in [0.1, 0.15) is 5.75 Å². The smallest absolute Gasteiger partial charge is 0.115 e. The van der Waals surface area contributed by atoms with E-state index in [1.807, 2.05) is 24.3 Å². The van der Waals surface area contributed by atoms with Gasteiger partial charge in [-0.25, -0.2) is 0 Å². The predicted molar refractivity (Wildman–Crippen MR) is 69.9 cm³/mol. The largest absolute Gasteiger partial charge is 0.508 e. The van der Waals surface area contributed by atoms with E-state index in [1.54, 1.807) is 24.3 Å². The molecule has 1 atom stereocenters. The minimum atomic E-state index is -0.112. The molecule has 0 aliphatic heterocycles. The molecule has 3 N–H and O–H groups in total. The monoisotopic (exact) mass is 238 g/mol. The van der Waals surface area contributed by atoms with Crippen molar-refractivity contribution in [3.8, 4) is 11.8 Å². The fourth-order valence-corrected chi connectivity index (χ4v) is 1.81. The molecule has 0 radical (unpaired) electrons. The minimum absolute atomic E-state index is 0.112. The molecule has 1 unspecified atom stereocenters. The molecule has 2 aromatic rings. The van der Waals surface area contributed by atoms with Crippen molar-refractivity contribution in [2.75, 3.05) is 0 Å². The van der Waals surface area contributed by atoms with E-state index in [4.69, 9.17) is 11.0 Å². The average Bonchev–Trinajstić information content (AvgIpc) is 2.40. The van der Waals surface area contributed by atoms with Crippen LogP contribution in [-0.2, 0) is 6.42 Å². The number of nitrogens with two attached hydrogens (primary N) is 1. The van der Waals surface area contributed by atoms with E-state index in [0.29, 0.717) is 12.0 Å². The van der Waals surface area contributed by atoms with Gasteiger partial charge in [-0.05, 0) is 41.8 Å². The molecule has 0 spiro atoms. The molecule has 0 saturated heterocycles. The second-order valence-corrected chi connectivity index (χ2v) is 4.21. The molecular weight excluding hydrogens is 224 g/mol. The van der Waals surface area contributed by atoms with Crippen LogP contribution in [0.1, 0.15) is 22.7 Å². The third-order valence-electron chi connectivity index (χ3n) is 2.86. The molecular formula is C15H14N2O. The predicted octanol–water partition coefficient (Wildman–Crippen LogP) is 2.51. The van der Waals surface area contributed by atoms with Crippen LogP contribution in [0.3, 0.4) is 0 Å². The van der Waals surface area contributed by atoms with Crippen LogP contribution < -0.4 is 5.73 Å². The van der Waals surface area contributed by atoms with Gasteiger partial charge in [-0.3, -0.25) is 0 Å². The Balaban J connectivity index is 2.08. The van der Waals surface area contributed by atoms with Gasteiger partial charge in [-0.15, -0.1) is 0 Å². The first kappa shape index (κ1) is 12.2. The lowest BCUT2D eigenvalue weighted by atomic mass is 9.99. The first-order valence-electron chi connectivity index (χ1n) is 5.72. The van der Waals surface area contributed by atoms with Crippen LogP contribution in [0.15, 0.2) is 48.5 Å². The summed E-state index contributed by atoms with van der Waals surface area (Å²) in [6.45, 7) is 0. The number of benzene rings is 2. The normalized spacial score (nSPS) is 11.8. The number of hydrogen-bond acceptors (Lipinski definition) is 3. The summed E-state index contributed by atoms with van der Waals surface area (Å²) < 4.78 is 0. The van der Waals surface area contributed by atoms with Gasteiger partial charge < -0.3 is 10.8 Å². The van der Waals surface area contributed by atoms with E-state index >= 15 is 0 Å². The summed E-state index contributed by atoms with van der Waals surface area (Å²) in [5.74, 6) is 0.240. The Bertz CT molecular complexity index is 553. The number of nitrogens with zero attached hydrogens (tertiary/aromatic N) is 1. The van der Waals surface area contributed by atoms with Crippen LogP contribution in [0.2, 0.25) is 0 Å². The van der Waals surface area contributed by atoms with Gasteiger partial charge in [0.05, 0.1) is 11.6 Å². The van der Waals surface area contributed by atoms with Gasteiger partial charge in [0.15, 0.2) is 0 Å². The maximum absolute atomic E-state index is 9.21. The highest BCUT2D eigenvalue weighted by Crippen LogP contribution is 2.19. The summed E-state index contributed by atoms with van der Waals surface area (Å²) in [6.07, 6.45) is 0.705. The fraction of sp³-hybridized carbons (Fsp3) is 0.133. The van der Waals surface area contributed by atoms with E-state index < -0.39 is 0 Å². The van der Waals surface area contributed by atoms with Crippen molar-refractivity contribution in [3.05, 3.63) is 65.2 Å². The summed E-state index contributed by atoms with van der Waals surface area (Å²) in [6, 6.07) is 16.3. The van der Waals surface area contributed by atoms with Crippen LogP contribution in [0.4, 0.5) is 0 Å². The van der Waals surface area contributed by atoms with Gasteiger partial charge in [0, 0.05) is 6.04 Å². The lowest BCUT2D eigenvalue weighted by molar-refractivity contribution is 0.475. The summed E-state index contributed by atoms with van der Waals surface area (Å²) in [5.41, 5.74) is 8.83. The third kappa shape index (κ3) is 2.88. The zero-order chi connectivity index (χ0) is 13.0. The summed E-state index contributed by atoms with van der Waals surface area (Å²) >= 11 is 0. The molecule has 90 valence electrons. The minimum Gasteiger partial charge on any atom is -0.508 e. The van der Waals surface area contributed by atoms with E-state index in [-0.39, 0.29) is 11.8 Å². The van der Waals surface area contributed by atoms with Crippen LogP contribution in [0.5, 0.6) is 5.75 Å². The number of nitriles is 1. The molecule has 0 amide bonds. The maximum atomic E-state index is 9.21. The van der Waals surface area contributed by atoms with Crippen molar-refractivity contribution in [2.24, 2.45) is 5.73 Å². The first-order chi connectivity index (χ1) is 8.69. The van der Waals surface area contributed by atoms with Crippen molar-refractivity contribution < 1.29 is 5.11 Å². The van der Waals surface area contributed by atoms with Crippen LogP contribution in [0, 0.1) is 11.3 Å². The zero-order valence-corrected chi connectivity index (χ0v) is 9.88. The van der Waals surface area contributed by atoms with Crippen molar-refractivity contribution in [1.82, 2.24) is 0 Å². The molecule has 2 rings (SSSR count). The number of hydrogen-bond donors (Lipinski definition) is 2. The molecule has 0 aliphatic rings.